The molecule has 0 radical (unpaired) electrons. The number of aromatic nitrogens is 1. The van der Waals surface area contributed by atoms with Crippen molar-refractivity contribution >= 4 is 66.2 Å². The fourth-order valence-electron chi connectivity index (χ4n) is 5.73. The number of thiophene rings is 1. The van der Waals surface area contributed by atoms with Crippen molar-refractivity contribution < 1.29 is 18.0 Å². The van der Waals surface area contributed by atoms with Crippen LogP contribution < -0.4 is 5.32 Å². The Balaban J connectivity index is 1.24. The van der Waals surface area contributed by atoms with Crippen molar-refractivity contribution in [3.05, 3.63) is 44.9 Å². The first-order valence-corrected chi connectivity index (χ1v) is 17.1. The fraction of sp³-hybridized carbons (Fsp3) is 0.519. The zero-order valence-corrected chi connectivity index (χ0v) is 25.5. The van der Waals surface area contributed by atoms with Gasteiger partial charge in [0.05, 0.1) is 5.69 Å². The van der Waals surface area contributed by atoms with Gasteiger partial charge in [-0.1, -0.05) is 17.7 Å². The molecule has 0 bridgehead atoms. The molecule has 3 aromatic rings. The van der Waals surface area contributed by atoms with Gasteiger partial charge in [0, 0.05) is 78.8 Å². The highest BCUT2D eigenvalue weighted by atomic mass is 35.5. The summed E-state index contributed by atoms with van der Waals surface area (Å²) in [6.45, 7) is 4.89. The number of nitrogens with one attached hydrogen (secondary N) is 1. The molecule has 3 aliphatic heterocycles. The Bertz CT molecular complexity index is 1550. The first-order chi connectivity index (χ1) is 19.2. The van der Waals surface area contributed by atoms with Crippen molar-refractivity contribution in [2.24, 2.45) is 0 Å². The second-order valence-corrected chi connectivity index (χ2v) is 15.5. The molecule has 2 fully saturated rings. The number of nitrogens with zero attached hydrogens (tertiary/aromatic N) is 4. The molecule has 2 aromatic heterocycles. The number of likely N-dealkylation sites (tertiary alicyclic amines) is 1. The lowest BCUT2D eigenvalue weighted by atomic mass is 10.1. The van der Waals surface area contributed by atoms with E-state index in [1.165, 1.54) is 27.0 Å². The van der Waals surface area contributed by atoms with Crippen molar-refractivity contribution in [1.82, 2.24) is 24.4 Å². The Hall–Kier alpha value is -2.09. The van der Waals surface area contributed by atoms with Crippen LogP contribution in [0.5, 0.6) is 0 Å². The van der Waals surface area contributed by atoms with E-state index in [-0.39, 0.29) is 42.1 Å². The van der Waals surface area contributed by atoms with Gasteiger partial charge in [0.15, 0.2) is 5.01 Å². The Labute approximate surface area is 247 Å². The number of sulfonamides is 1. The van der Waals surface area contributed by atoms with E-state index in [1.807, 2.05) is 11.0 Å². The number of carbonyl (C=O) groups is 2. The summed E-state index contributed by atoms with van der Waals surface area (Å²) in [7, 11) is -3.79. The van der Waals surface area contributed by atoms with Crippen LogP contribution in [0.4, 0.5) is 0 Å². The van der Waals surface area contributed by atoms with Crippen LogP contribution in [-0.2, 0) is 27.8 Å². The molecule has 0 spiro atoms. The van der Waals surface area contributed by atoms with E-state index >= 15 is 0 Å². The molecule has 1 aromatic carbocycles. The van der Waals surface area contributed by atoms with Gasteiger partial charge in [-0.2, -0.15) is 4.31 Å². The summed E-state index contributed by atoms with van der Waals surface area (Å²) in [5.41, 5.74) is 0.964. The van der Waals surface area contributed by atoms with Crippen molar-refractivity contribution in [2.45, 2.75) is 61.9 Å². The highest BCUT2D eigenvalue weighted by Crippen LogP contribution is 2.34. The van der Waals surface area contributed by atoms with E-state index < -0.39 is 16.1 Å². The number of hydrogen-bond donors (Lipinski definition) is 1. The highest BCUT2D eigenvalue weighted by molar-refractivity contribution is 7.91. The van der Waals surface area contributed by atoms with E-state index in [4.69, 9.17) is 11.6 Å². The lowest BCUT2D eigenvalue weighted by molar-refractivity contribution is -0.130. The third-order valence-corrected chi connectivity index (χ3v) is 12.7. The number of rotatable bonds is 6. The Morgan fingerprint density at radius 3 is 2.73 bits per heavy atom. The maximum absolute atomic E-state index is 13.8. The highest BCUT2D eigenvalue weighted by Gasteiger charge is 2.39. The van der Waals surface area contributed by atoms with Crippen molar-refractivity contribution in [3.63, 3.8) is 0 Å². The Morgan fingerprint density at radius 2 is 1.93 bits per heavy atom. The lowest BCUT2D eigenvalue weighted by Crippen LogP contribution is -2.56. The van der Waals surface area contributed by atoms with Gasteiger partial charge in [0.1, 0.15) is 4.21 Å². The minimum absolute atomic E-state index is 0.0658. The maximum atomic E-state index is 13.8. The monoisotopic (exact) mass is 621 g/mol. The molecule has 2 amide bonds. The van der Waals surface area contributed by atoms with Gasteiger partial charge in [-0.15, -0.1) is 22.7 Å². The van der Waals surface area contributed by atoms with Crippen LogP contribution in [0.15, 0.2) is 28.5 Å². The van der Waals surface area contributed by atoms with Crippen LogP contribution in [0.25, 0.3) is 10.1 Å². The molecule has 0 saturated carbocycles. The molecule has 2 unspecified atom stereocenters. The molecule has 1 N–H and O–H groups in total. The van der Waals surface area contributed by atoms with Crippen LogP contribution >= 0.6 is 34.3 Å². The van der Waals surface area contributed by atoms with Gasteiger partial charge >= 0.3 is 0 Å². The first kappa shape index (κ1) is 28.0. The Morgan fingerprint density at radius 1 is 1.12 bits per heavy atom. The van der Waals surface area contributed by atoms with E-state index in [0.717, 1.165) is 53.0 Å². The standard InChI is InChI=1S/C27H32ClN5O4S3/c1-17-12-21-23(15-29-17)39-26(30-21)27(35)33-11-10-32(16-20(33)6-7-24(34)31-8-2-3-9-31)40(36,37)25-13-18-4-5-19(28)14-22(18)38-25/h4-5,13-14,17,20,29H,2-3,6-12,15-16H2,1H3. The van der Waals surface area contributed by atoms with E-state index in [9.17, 15) is 18.0 Å². The van der Waals surface area contributed by atoms with Gasteiger partial charge < -0.3 is 15.1 Å². The molecule has 13 heteroatoms. The smallest absolute Gasteiger partial charge is 0.283 e. The van der Waals surface area contributed by atoms with Crippen LogP contribution in [0.1, 0.15) is 53.0 Å². The van der Waals surface area contributed by atoms with E-state index in [0.29, 0.717) is 29.0 Å². The van der Waals surface area contributed by atoms with Gasteiger partial charge in [-0.3, -0.25) is 9.59 Å². The molecule has 2 saturated heterocycles. The van der Waals surface area contributed by atoms with Crippen molar-refractivity contribution in [2.75, 3.05) is 32.7 Å². The van der Waals surface area contributed by atoms with Crippen molar-refractivity contribution in [1.29, 1.82) is 0 Å². The topological polar surface area (TPSA) is 103 Å². The van der Waals surface area contributed by atoms with E-state index in [1.54, 1.807) is 23.1 Å². The molecule has 5 heterocycles. The molecule has 9 nitrogen and oxygen atoms in total. The Kier molecular flexibility index (Phi) is 7.92. The number of thiazole rings is 1. The van der Waals surface area contributed by atoms with Crippen LogP contribution in [0.2, 0.25) is 5.02 Å². The number of fused-ring (bicyclic) bond motifs is 2. The number of amides is 2. The summed E-state index contributed by atoms with van der Waals surface area (Å²) in [5, 5.41) is 5.23. The average molecular weight is 622 g/mol. The summed E-state index contributed by atoms with van der Waals surface area (Å²) < 4.78 is 30.0. The quantitative estimate of drug-likeness (QED) is 0.447. The van der Waals surface area contributed by atoms with Gasteiger partial charge in [-0.05, 0) is 49.8 Å². The summed E-state index contributed by atoms with van der Waals surface area (Å²) in [4.78, 5) is 36.0. The lowest BCUT2D eigenvalue weighted by Gasteiger charge is -2.40. The zero-order chi connectivity index (χ0) is 28.0. The minimum atomic E-state index is -3.79. The summed E-state index contributed by atoms with van der Waals surface area (Å²) >= 11 is 8.73. The van der Waals surface area contributed by atoms with E-state index in [2.05, 4.69) is 17.2 Å². The molecular formula is C27H32ClN5O4S3. The SMILES string of the molecule is CC1Cc2nc(C(=O)N3CCN(S(=O)(=O)c4cc5ccc(Cl)cc5s4)CC3CCC(=O)N3CCCC3)sc2CN1. The predicted octanol–water partition coefficient (Wildman–Crippen LogP) is 3.96. The first-order valence-electron chi connectivity index (χ1n) is 13.7. The van der Waals surface area contributed by atoms with Gasteiger partial charge in [-0.25, -0.2) is 13.4 Å². The number of halogens is 1. The third kappa shape index (κ3) is 5.54. The molecule has 0 aliphatic carbocycles. The zero-order valence-electron chi connectivity index (χ0n) is 22.3. The number of piperazine rings is 1. The second kappa shape index (κ2) is 11.3. The van der Waals surface area contributed by atoms with Crippen LogP contribution in [0.3, 0.4) is 0 Å². The number of hydrogen-bond acceptors (Lipinski definition) is 8. The normalized spacial score (nSPS) is 22.1. The van der Waals surface area contributed by atoms with Gasteiger partial charge in [0.25, 0.3) is 15.9 Å². The summed E-state index contributed by atoms with van der Waals surface area (Å²) in [5.74, 6) is -0.115. The maximum Gasteiger partial charge on any atom is 0.283 e. The van der Waals surface area contributed by atoms with Crippen molar-refractivity contribution in [3.8, 4) is 0 Å². The summed E-state index contributed by atoms with van der Waals surface area (Å²) in [6.07, 6.45) is 3.47. The molecule has 2 atom stereocenters. The predicted molar refractivity (Wildman–Crippen MR) is 158 cm³/mol. The molecule has 40 heavy (non-hydrogen) atoms. The van der Waals surface area contributed by atoms with Gasteiger partial charge in [0.2, 0.25) is 5.91 Å². The van der Waals surface area contributed by atoms with Crippen LogP contribution in [0, 0.1) is 0 Å². The average Bonchev–Trinajstić information content (AvgIpc) is 3.70. The largest absolute Gasteiger partial charge is 0.343 e. The number of benzene rings is 1. The fourth-order valence-corrected chi connectivity index (χ4v) is 10.0. The molecule has 3 aliphatic rings. The second-order valence-electron chi connectivity index (χ2n) is 10.8. The third-order valence-electron chi connectivity index (χ3n) is 7.98. The molecule has 214 valence electrons. The minimum Gasteiger partial charge on any atom is -0.343 e. The number of carbonyl (C=O) groups excluding carboxylic acids is 2. The summed E-state index contributed by atoms with van der Waals surface area (Å²) in [6, 6.07) is 6.90. The molecule has 6 rings (SSSR count). The van der Waals surface area contributed by atoms with Crippen LogP contribution in [-0.4, -0.2) is 84.1 Å². The molecular weight excluding hydrogens is 590 g/mol.